The number of hydrogen-bond acceptors (Lipinski definition) is 3. The van der Waals surface area contributed by atoms with Crippen LogP contribution < -0.4 is 5.73 Å². The number of piperidine rings is 1. The van der Waals surface area contributed by atoms with Gasteiger partial charge in [0.25, 0.3) is 0 Å². The highest BCUT2D eigenvalue weighted by Crippen LogP contribution is 2.45. The van der Waals surface area contributed by atoms with Crippen molar-refractivity contribution >= 4 is 0 Å². The van der Waals surface area contributed by atoms with Gasteiger partial charge in [-0.2, -0.15) is 0 Å². The molecule has 2 fully saturated rings. The molecule has 0 aliphatic carbocycles. The van der Waals surface area contributed by atoms with Gasteiger partial charge >= 0.3 is 0 Å². The van der Waals surface area contributed by atoms with E-state index in [-0.39, 0.29) is 5.41 Å². The molecule has 0 radical (unpaired) electrons. The van der Waals surface area contributed by atoms with Crippen LogP contribution in [0.2, 0.25) is 0 Å². The molecular formula is C11H22N2O. The van der Waals surface area contributed by atoms with E-state index >= 15 is 0 Å². The Bertz CT molecular complexity index is 229. The van der Waals surface area contributed by atoms with Crippen LogP contribution >= 0.6 is 0 Å². The van der Waals surface area contributed by atoms with Gasteiger partial charge in [-0.15, -0.1) is 0 Å². The molecule has 0 spiro atoms. The lowest BCUT2D eigenvalue weighted by Crippen LogP contribution is -2.58. The van der Waals surface area contributed by atoms with Crippen LogP contribution in [0.3, 0.4) is 0 Å². The van der Waals surface area contributed by atoms with Gasteiger partial charge in [0.15, 0.2) is 0 Å². The maximum Gasteiger partial charge on any atom is 0.0763 e. The molecule has 0 aromatic carbocycles. The second-order valence-corrected chi connectivity index (χ2v) is 5.55. The van der Waals surface area contributed by atoms with Crippen molar-refractivity contribution in [2.75, 3.05) is 26.2 Å². The van der Waals surface area contributed by atoms with Crippen LogP contribution in [0.4, 0.5) is 0 Å². The Morgan fingerprint density at radius 3 is 2.86 bits per heavy atom. The molecule has 82 valence electrons. The van der Waals surface area contributed by atoms with Crippen LogP contribution in [0.15, 0.2) is 0 Å². The van der Waals surface area contributed by atoms with Crippen LogP contribution in [0.1, 0.15) is 26.7 Å². The second kappa shape index (κ2) is 3.19. The third kappa shape index (κ3) is 1.30. The number of nitrogens with two attached hydrogens (primary N) is 1. The average Bonchev–Trinajstić information content (AvgIpc) is 2.57. The number of hydrogen-bond donors (Lipinski definition) is 2. The second-order valence-electron chi connectivity index (χ2n) is 5.55. The van der Waals surface area contributed by atoms with Gasteiger partial charge in [-0.25, -0.2) is 0 Å². The van der Waals surface area contributed by atoms with Gasteiger partial charge in [-0.05, 0) is 19.4 Å². The van der Waals surface area contributed by atoms with Crippen LogP contribution in [0, 0.1) is 11.3 Å². The van der Waals surface area contributed by atoms with Crippen molar-refractivity contribution in [2.24, 2.45) is 17.1 Å². The zero-order valence-electron chi connectivity index (χ0n) is 9.29. The van der Waals surface area contributed by atoms with E-state index in [1.165, 1.54) is 0 Å². The van der Waals surface area contributed by atoms with Crippen molar-refractivity contribution < 1.29 is 5.11 Å². The minimum Gasteiger partial charge on any atom is -0.389 e. The highest BCUT2D eigenvalue weighted by molar-refractivity contribution is 5.05. The van der Waals surface area contributed by atoms with Gasteiger partial charge in [0.2, 0.25) is 0 Å². The highest BCUT2D eigenvalue weighted by Gasteiger charge is 2.52. The predicted molar refractivity (Wildman–Crippen MR) is 56.9 cm³/mol. The summed E-state index contributed by atoms with van der Waals surface area (Å²) in [6.07, 6.45) is 2.03. The molecule has 0 saturated carbocycles. The summed E-state index contributed by atoms with van der Waals surface area (Å²) in [4.78, 5) is 2.45. The fourth-order valence-electron chi connectivity index (χ4n) is 3.03. The van der Waals surface area contributed by atoms with Crippen LogP contribution in [-0.2, 0) is 0 Å². The van der Waals surface area contributed by atoms with Crippen molar-refractivity contribution in [1.29, 1.82) is 0 Å². The summed E-state index contributed by atoms with van der Waals surface area (Å²) in [5, 5.41) is 10.8. The van der Waals surface area contributed by atoms with E-state index in [0.29, 0.717) is 12.5 Å². The number of rotatable bonds is 2. The lowest BCUT2D eigenvalue weighted by molar-refractivity contribution is -0.125. The standard InChI is InChI=1S/C11H22N2O/c1-10(2,8-12)11(14)4-6-13-5-3-9(11)7-13/h9,14H,3-8,12H2,1-2H3. The lowest BCUT2D eigenvalue weighted by atomic mass is 9.65. The summed E-state index contributed by atoms with van der Waals surface area (Å²) in [5.74, 6) is 0.440. The van der Waals surface area contributed by atoms with Gasteiger partial charge in [0.1, 0.15) is 0 Å². The molecule has 3 N–H and O–H groups in total. The Morgan fingerprint density at radius 2 is 2.21 bits per heavy atom. The van der Waals surface area contributed by atoms with Crippen molar-refractivity contribution in [1.82, 2.24) is 4.90 Å². The molecule has 2 heterocycles. The maximum absolute atomic E-state index is 10.8. The number of nitrogens with zero attached hydrogens (tertiary/aromatic N) is 1. The largest absolute Gasteiger partial charge is 0.389 e. The fraction of sp³-hybridized carbons (Fsp3) is 1.00. The van der Waals surface area contributed by atoms with E-state index < -0.39 is 5.60 Å². The first-order valence-corrected chi connectivity index (χ1v) is 5.64. The molecule has 2 aliphatic heterocycles. The molecule has 3 atom stereocenters. The van der Waals surface area contributed by atoms with Crippen molar-refractivity contribution in [3.8, 4) is 0 Å². The summed E-state index contributed by atoms with van der Waals surface area (Å²) in [7, 11) is 0. The Kier molecular flexibility index (Phi) is 2.37. The molecule has 14 heavy (non-hydrogen) atoms. The summed E-state index contributed by atoms with van der Waals surface area (Å²) >= 11 is 0. The summed E-state index contributed by atoms with van der Waals surface area (Å²) in [6, 6.07) is 0. The Morgan fingerprint density at radius 1 is 1.50 bits per heavy atom. The molecule has 2 rings (SSSR count). The summed E-state index contributed by atoms with van der Waals surface area (Å²) in [5.41, 5.74) is 5.10. The number of fused-ring (bicyclic) bond motifs is 2. The molecule has 2 saturated heterocycles. The smallest absolute Gasteiger partial charge is 0.0763 e. The first kappa shape index (κ1) is 10.4. The molecule has 3 nitrogen and oxygen atoms in total. The molecule has 0 aromatic heterocycles. The highest BCUT2D eigenvalue weighted by atomic mass is 16.3. The van der Waals surface area contributed by atoms with Crippen molar-refractivity contribution in [2.45, 2.75) is 32.3 Å². The minimum atomic E-state index is -0.533. The third-order valence-corrected chi connectivity index (χ3v) is 4.44. The van der Waals surface area contributed by atoms with E-state index in [4.69, 9.17) is 5.73 Å². The zero-order valence-corrected chi connectivity index (χ0v) is 9.29. The molecule has 0 aromatic rings. The topological polar surface area (TPSA) is 49.5 Å². The SMILES string of the molecule is CC(C)(CN)C1(O)CCN2CCC1C2. The average molecular weight is 198 g/mol. The predicted octanol–water partition coefficient (Wildman–Crippen LogP) is 0.428. The van der Waals surface area contributed by atoms with Crippen LogP contribution in [0.5, 0.6) is 0 Å². The first-order chi connectivity index (χ1) is 6.49. The molecule has 2 aliphatic rings. The minimum absolute atomic E-state index is 0.145. The van der Waals surface area contributed by atoms with Crippen molar-refractivity contribution in [3.63, 3.8) is 0 Å². The Hall–Kier alpha value is -0.120. The third-order valence-electron chi connectivity index (χ3n) is 4.44. The molecule has 3 heteroatoms. The van der Waals surface area contributed by atoms with Gasteiger partial charge in [0.05, 0.1) is 5.60 Å². The van der Waals surface area contributed by atoms with Crippen molar-refractivity contribution in [3.05, 3.63) is 0 Å². The fourth-order valence-corrected chi connectivity index (χ4v) is 3.03. The summed E-state index contributed by atoms with van der Waals surface area (Å²) in [6.45, 7) is 8.03. The molecular weight excluding hydrogens is 176 g/mol. The van der Waals surface area contributed by atoms with E-state index in [0.717, 1.165) is 32.5 Å². The number of aliphatic hydroxyl groups is 1. The van der Waals surface area contributed by atoms with E-state index in [2.05, 4.69) is 18.7 Å². The van der Waals surface area contributed by atoms with Gasteiger partial charge < -0.3 is 15.7 Å². The van der Waals surface area contributed by atoms with E-state index in [9.17, 15) is 5.11 Å². The quantitative estimate of drug-likeness (QED) is 0.676. The van der Waals surface area contributed by atoms with E-state index in [1.807, 2.05) is 0 Å². The van der Waals surface area contributed by atoms with Crippen LogP contribution in [0.25, 0.3) is 0 Å². The lowest BCUT2D eigenvalue weighted by Gasteiger charge is -2.49. The molecule has 0 amide bonds. The van der Waals surface area contributed by atoms with E-state index in [1.54, 1.807) is 0 Å². The maximum atomic E-state index is 10.8. The van der Waals surface area contributed by atoms with Gasteiger partial charge in [-0.1, -0.05) is 13.8 Å². The van der Waals surface area contributed by atoms with Gasteiger partial charge in [0, 0.05) is 31.0 Å². The normalized spacial score (nSPS) is 42.9. The summed E-state index contributed by atoms with van der Waals surface area (Å²) < 4.78 is 0. The Labute approximate surface area is 86.3 Å². The van der Waals surface area contributed by atoms with Crippen LogP contribution in [-0.4, -0.2) is 41.8 Å². The molecule has 2 bridgehead atoms. The monoisotopic (exact) mass is 198 g/mol. The first-order valence-electron chi connectivity index (χ1n) is 5.64. The Balaban J connectivity index is 2.22. The van der Waals surface area contributed by atoms with Gasteiger partial charge in [-0.3, -0.25) is 0 Å². The molecule has 3 unspecified atom stereocenters. The zero-order chi connectivity index (χ0) is 10.4.